The fourth-order valence-corrected chi connectivity index (χ4v) is 1.17. The van der Waals surface area contributed by atoms with Crippen molar-refractivity contribution in [2.75, 3.05) is 19.8 Å². The molecular weight excluding hydrogens is 256 g/mol. The van der Waals surface area contributed by atoms with Gasteiger partial charge in [-0.3, -0.25) is 4.79 Å². The Hall–Kier alpha value is -1.83. The van der Waals surface area contributed by atoms with E-state index < -0.39 is 30.4 Å². The average molecular weight is 276 g/mol. The normalized spacial score (nSPS) is 11.6. The van der Waals surface area contributed by atoms with Crippen LogP contribution in [0.3, 0.4) is 0 Å². The van der Waals surface area contributed by atoms with Crippen LogP contribution >= 0.6 is 0 Å². The van der Waals surface area contributed by atoms with Crippen molar-refractivity contribution in [3.63, 3.8) is 0 Å². The molecule has 0 saturated heterocycles. The first kappa shape index (κ1) is 17.2. The van der Waals surface area contributed by atoms with Crippen LogP contribution in [-0.4, -0.2) is 54.0 Å². The minimum Gasteiger partial charge on any atom is -0.481 e. The molecule has 0 aliphatic heterocycles. The molecule has 0 bridgehead atoms. The largest absolute Gasteiger partial charge is 0.481 e. The Balaban J connectivity index is 3.81. The lowest BCUT2D eigenvalue weighted by molar-refractivity contribution is -0.145. The first-order valence-corrected chi connectivity index (χ1v) is 6.04. The fourth-order valence-electron chi connectivity index (χ4n) is 1.17. The van der Waals surface area contributed by atoms with Crippen LogP contribution in [0, 0.1) is 0 Å². The number of hydrogen-bond donors (Lipinski definition) is 4. The van der Waals surface area contributed by atoms with Gasteiger partial charge in [-0.2, -0.15) is 0 Å². The van der Waals surface area contributed by atoms with E-state index in [4.69, 9.17) is 14.9 Å². The smallest absolute Gasteiger partial charge is 0.326 e. The van der Waals surface area contributed by atoms with Crippen LogP contribution in [0.2, 0.25) is 0 Å². The van der Waals surface area contributed by atoms with Crippen molar-refractivity contribution in [1.29, 1.82) is 0 Å². The minimum absolute atomic E-state index is 0.231. The van der Waals surface area contributed by atoms with Crippen molar-refractivity contribution >= 4 is 18.0 Å². The maximum Gasteiger partial charge on any atom is 0.326 e. The van der Waals surface area contributed by atoms with Gasteiger partial charge in [-0.05, 0) is 6.42 Å². The van der Waals surface area contributed by atoms with Crippen LogP contribution in [0.1, 0.15) is 26.2 Å². The first-order chi connectivity index (χ1) is 8.97. The Morgan fingerprint density at radius 2 is 1.89 bits per heavy atom. The zero-order valence-electron chi connectivity index (χ0n) is 10.8. The monoisotopic (exact) mass is 276 g/mol. The van der Waals surface area contributed by atoms with Gasteiger partial charge in [0.2, 0.25) is 0 Å². The number of hydrogen-bond acceptors (Lipinski definition) is 4. The highest BCUT2D eigenvalue weighted by Gasteiger charge is 2.22. The van der Waals surface area contributed by atoms with Crippen molar-refractivity contribution < 1.29 is 29.3 Å². The number of unbranched alkanes of at least 4 members (excludes halogenated alkanes) is 1. The van der Waals surface area contributed by atoms with Gasteiger partial charge in [-0.25, -0.2) is 9.59 Å². The zero-order chi connectivity index (χ0) is 14.7. The molecule has 0 heterocycles. The van der Waals surface area contributed by atoms with Gasteiger partial charge in [0, 0.05) is 13.2 Å². The number of urea groups is 1. The third-order valence-electron chi connectivity index (χ3n) is 2.16. The number of ether oxygens (including phenoxy) is 1. The highest BCUT2D eigenvalue weighted by atomic mass is 16.5. The molecule has 0 aromatic carbocycles. The number of nitrogens with one attached hydrogen (secondary N) is 2. The molecule has 0 unspecified atom stereocenters. The number of carbonyl (C=O) groups excluding carboxylic acids is 1. The van der Waals surface area contributed by atoms with E-state index in [0.717, 1.165) is 12.8 Å². The lowest BCUT2D eigenvalue weighted by Gasteiger charge is -2.13. The van der Waals surface area contributed by atoms with E-state index in [1.165, 1.54) is 0 Å². The molecule has 2 amide bonds. The van der Waals surface area contributed by atoms with Crippen LogP contribution in [0.25, 0.3) is 0 Å². The van der Waals surface area contributed by atoms with E-state index in [2.05, 4.69) is 10.6 Å². The summed E-state index contributed by atoms with van der Waals surface area (Å²) >= 11 is 0. The fraction of sp³-hybridized carbons (Fsp3) is 0.727. The molecule has 0 rings (SSSR count). The Morgan fingerprint density at radius 3 is 2.42 bits per heavy atom. The molecule has 19 heavy (non-hydrogen) atoms. The van der Waals surface area contributed by atoms with Crippen LogP contribution < -0.4 is 10.6 Å². The summed E-state index contributed by atoms with van der Waals surface area (Å²) in [5, 5.41) is 21.6. The van der Waals surface area contributed by atoms with E-state index in [1.807, 2.05) is 6.92 Å². The molecule has 4 N–H and O–H groups in total. The molecule has 110 valence electrons. The van der Waals surface area contributed by atoms with Gasteiger partial charge in [0.05, 0.1) is 13.0 Å². The van der Waals surface area contributed by atoms with Gasteiger partial charge in [-0.15, -0.1) is 0 Å². The standard InChI is InChI=1S/C11H20N2O6/c1-2-3-5-19-6-4-12-11(18)13-8(10(16)17)7-9(14)15/h8H,2-7H2,1H3,(H,14,15)(H,16,17)(H2,12,13,18)/t8-/m0/s1. The predicted molar refractivity (Wildman–Crippen MR) is 65.9 cm³/mol. The SMILES string of the molecule is CCCCOCCNC(=O)N[C@@H](CC(=O)O)C(=O)O. The van der Waals surface area contributed by atoms with Gasteiger partial charge in [0.25, 0.3) is 0 Å². The number of carboxylic acids is 2. The average Bonchev–Trinajstić information content (AvgIpc) is 2.32. The Labute approximate surface area is 111 Å². The summed E-state index contributed by atoms with van der Waals surface area (Å²) < 4.78 is 5.19. The van der Waals surface area contributed by atoms with Crippen molar-refractivity contribution in [2.45, 2.75) is 32.2 Å². The summed E-state index contributed by atoms with van der Waals surface area (Å²) in [5.41, 5.74) is 0. The van der Waals surface area contributed by atoms with Gasteiger partial charge < -0.3 is 25.6 Å². The highest BCUT2D eigenvalue weighted by molar-refractivity contribution is 5.86. The predicted octanol–water partition coefficient (Wildman–Crippen LogP) is 0.0302. The van der Waals surface area contributed by atoms with E-state index in [-0.39, 0.29) is 6.54 Å². The third kappa shape index (κ3) is 9.83. The van der Waals surface area contributed by atoms with E-state index >= 15 is 0 Å². The van der Waals surface area contributed by atoms with Crippen molar-refractivity contribution in [3.8, 4) is 0 Å². The summed E-state index contributed by atoms with van der Waals surface area (Å²) in [5.74, 6) is -2.69. The summed E-state index contributed by atoms with van der Waals surface area (Å²) in [6, 6.07) is -2.17. The van der Waals surface area contributed by atoms with Crippen LogP contribution in [-0.2, 0) is 14.3 Å². The van der Waals surface area contributed by atoms with E-state index in [9.17, 15) is 14.4 Å². The van der Waals surface area contributed by atoms with Gasteiger partial charge in [0.15, 0.2) is 0 Å². The second-order valence-corrected chi connectivity index (χ2v) is 3.85. The molecule has 0 spiro atoms. The highest BCUT2D eigenvalue weighted by Crippen LogP contribution is 1.92. The summed E-state index contributed by atoms with van der Waals surface area (Å²) in [6.07, 6.45) is 1.28. The van der Waals surface area contributed by atoms with E-state index in [1.54, 1.807) is 0 Å². The molecule has 0 aliphatic rings. The minimum atomic E-state index is -1.45. The summed E-state index contributed by atoms with van der Waals surface area (Å²) in [6.45, 7) is 3.19. The molecule has 0 aromatic rings. The van der Waals surface area contributed by atoms with Crippen molar-refractivity contribution in [1.82, 2.24) is 10.6 Å². The maximum atomic E-state index is 11.3. The van der Waals surface area contributed by atoms with Gasteiger partial charge >= 0.3 is 18.0 Å². The summed E-state index contributed by atoms with van der Waals surface area (Å²) in [7, 11) is 0. The lowest BCUT2D eigenvalue weighted by atomic mass is 10.2. The molecule has 0 fully saturated rings. The van der Waals surface area contributed by atoms with Crippen LogP contribution in [0.4, 0.5) is 4.79 Å². The third-order valence-corrected chi connectivity index (χ3v) is 2.16. The van der Waals surface area contributed by atoms with Gasteiger partial charge in [0.1, 0.15) is 6.04 Å². The zero-order valence-corrected chi connectivity index (χ0v) is 10.8. The van der Waals surface area contributed by atoms with Crippen LogP contribution in [0.15, 0.2) is 0 Å². The molecule has 1 atom stereocenters. The second-order valence-electron chi connectivity index (χ2n) is 3.85. The molecule has 0 saturated carbocycles. The maximum absolute atomic E-state index is 11.3. The molecule has 8 heteroatoms. The second kappa shape index (κ2) is 10.1. The van der Waals surface area contributed by atoms with E-state index in [0.29, 0.717) is 13.2 Å². The van der Waals surface area contributed by atoms with Crippen molar-refractivity contribution in [2.24, 2.45) is 0 Å². The first-order valence-electron chi connectivity index (χ1n) is 6.04. The summed E-state index contributed by atoms with van der Waals surface area (Å²) in [4.78, 5) is 32.4. The lowest BCUT2D eigenvalue weighted by Crippen LogP contribution is -2.47. The number of carboxylic acid groups (broad SMARTS) is 2. The number of amides is 2. The Morgan fingerprint density at radius 1 is 1.21 bits per heavy atom. The number of rotatable bonds is 10. The molecular formula is C11H20N2O6. The van der Waals surface area contributed by atoms with Crippen molar-refractivity contribution in [3.05, 3.63) is 0 Å². The molecule has 0 radical (unpaired) electrons. The Bertz CT molecular complexity index is 308. The van der Waals surface area contributed by atoms with Gasteiger partial charge in [-0.1, -0.05) is 13.3 Å². The topological polar surface area (TPSA) is 125 Å². The van der Waals surface area contributed by atoms with Crippen LogP contribution in [0.5, 0.6) is 0 Å². The molecule has 8 nitrogen and oxygen atoms in total. The quantitative estimate of drug-likeness (QED) is 0.417. The molecule has 0 aromatic heterocycles. The molecule has 0 aliphatic carbocycles. The number of carbonyl (C=O) groups is 3. The Kier molecular flexibility index (Phi) is 9.15. The number of aliphatic carboxylic acids is 2.